The Morgan fingerprint density at radius 3 is 1.78 bits per heavy atom. The van der Waals surface area contributed by atoms with Gasteiger partial charge in [-0.2, -0.15) is 0 Å². The van der Waals surface area contributed by atoms with Gasteiger partial charge in [0.2, 0.25) is 0 Å². The molecule has 0 amide bonds. The first-order chi connectivity index (χ1) is 16.7. The smallest absolute Gasteiger partial charge is 0.303 e. The third kappa shape index (κ3) is 6.00. The van der Waals surface area contributed by atoms with Crippen LogP contribution in [0.15, 0.2) is 0 Å². The van der Waals surface area contributed by atoms with Crippen LogP contribution in [0, 0.1) is 0 Å². The zero-order valence-electron chi connectivity index (χ0n) is 21.7. The molecule has 4 heterocycles. The van der Waals surface area contributed by atoms with Gasteiger partial charge >= 0.3 is 17.9 Å². The van der Waals surface area contributed by atoms with Crippen LogP contribution >= 0.6 is 0 Å². The van der Waals surface area contributed by atoms with Gasteiger partial charge in [0.25, 0.3) is 0 Å². The van der Waals surface area contributed by atoms with Gasteiger partial charge in [0.1, 0.15) is 31.0 Å². The second kappa shape index (κ2) is 10.1. The average Bonchev–Trinajstić information content (AvgIpc) is 3.34. The summed E-state index contributed by atoms with van der Waals surface area (Å²) in [6.07, 6.45) is -4.80. The lowest BCUT2D eigenvalue weighted by molar-refractivity contribution is -0.236. The summed E-state index contributed by atoms with van der Waals surface area (Å²) in [5.41, 5.74) is 0. The van der Waals surface area contributed by atoms with Crippen LogP contribution < -0.4 is 0 Å². The molecule has 4 aliphatic rings. The minimum Gasteiger partial charge on any atom is -0.463 e. The molecule has 0 N–H and O–H groups in total. The van der Waals surface area contributed by atoms with Crippen LogP contribution in [0.1, 0.15) is 61.3 Å². The molecule has 4 rings (SSSR count). The maximum atomic E-state index is 11.9. The van der Waals surface area contributed by atoms with Crippen LogP contribution in [0.25, 0.3) is 0 Å². The number of esters is 3. The highest BCUT2D eigenvalue weighted by atomic mass is 16.9. The van der Waals surface area contributed by atoms with Crippen LogP contribution in [0.3, 0.4) is 0 Å². The van der Waals surface area contributed by atoms with E-state index in [1.54, 1.807) is 0 Å². The Balaban J connectivity index is 1.49. The van der Waals surface area contributed by atoms with E-state index >= 15 is 0 Å². The molecule has 36 heavy (non-hydrogen) atoms. The highest BCUT2D eigenvalue weighted by Crippen LogP contribution is 2.45. The molecule has 12 nitrogen and oxygen atoms in total. The number of hydrogen-bond acceptors (Lipinski definition) is 12. The summed E-state index contributed by atoms with van der Waals surface area (Å²) in [6, 6.07) is 0. The van der Waals surface area contributed by atoms with Gasteiger partial charge < -0.3 is 42.6 Å². The Bertz CT molecular complexity index is 856. The molecule has 0 bridgehead atoms. The van der Waals surface area contributed by atoms with E-state index in [0.29, 0.717) is 12.8 Å². The van der Waals surface area contributed by atoms with Crippen molar-refractivity contribution >= 4 is 17.9 Å². The summed E-state index contributed by atoms with van der Waals surface area (Å²) < 4.78 is 52.7. The molecule has 12 heteroatoms. The van der Waals surface area contributed by atoms with Gasteiger partial charge in [-0.05, 0) is 40.5 Å². The maximum Gasteiger partial charge on any atom is 0.303 e. The second-order valence-electron chi connectivity index (χ2n) is 10.4. The Kier molecular flexibility index (Phi) is 7.67. The van der Waals surface area contributed by atoms with E-state index in [1.807, 2.05) is 27.7 Å². The van der Waals surface area contributed by atoms with Crippen molar-refractivity contribution in [2.24, 2.45) is 0 Å². The molecule has 204 valence electrons. The fraction of sp³-hybridized carbons (Fsp3) is 0.875. The highest BCUT2D eigenvalue weighted by Gasteiger charge is 2.61. The Labute approximate surface area is 210 Å². The van der Waals surface area contributed by atoms with E-state index in [2.05, 4.69) is 0 Å². The molecular weight excluding hydrogens is 480 g/mol. The minimum absolute atomic E-state index is 0.151. The van der Waals surface area contributed by atoms with Gasteiger partial charge in [-0.25, -0.2) is 0 Å². The second-order valence-corrected chi connectivity index (χ2v) is 10.4. The molecule has 0 saturated carbocycles. The summed E-state index contributed by atoms with van der Waals surface area (Å²) >= 11 is 0. The monoisotopic (exact) mass is 516 g/mol. The number of carbonyl (C=O) groups is 3. The van der Waals surface area contributed by atoms with Gasteiger partial charge in [0, 0.05) is 20.8 Å². The topological polar surface area (TPSA) is 134 Å². The van der Waals surface area contributed by atoms with E-state index in [1.165, 1.54) is 20.8 Å². The molecular formula is C24H36O12. The molecule has 0 radical (unpaired) electrons. The standard InChI is InChI=1S/C24H36O12/c1-11(25)28-10-16-18(30-13(3)27)17(29-12(2)26)14(31-16)8-9-15-19-20(34-23(4,5)33-19)21-22(32-15)36-24(6,7)35-21/h14-22H,8-10H2,1-7H3/t14-,15+,16+,17-,18+,19-,20-,21+,22+/m0/s1. The number of rotatable bonds is 7. The third-order valence-electron chi connectivity index (χ3n) is 6.45. The van der Waals surface area contributed by atoms with Crippen LogP contribution in [0.2, 0.25) is 0 Å². The normalized spacial score (nSPS) is 40.2. The SMILES string of the molecule is CC(=O)OC[C@H]1O[C@@H](CC[C@H]2O[C@@H]3OC(C)(C)O[C@@H]3[C@H]3OC(C)(C)O[C@H]32)[C@H](OC(C)=O)[C@@H]1OC(C)=O. The molecule has 4 fully saturated rings. The van der Waals surface area contributed by atoms with Gasteiger partial charge in [-0.15, -0.1) is 0 Å². The summed E-state index contributed by atoms with van der Waals surface area (Å²) in [5.74, 6) is -3.29. The summed E-state index contributed by atoms with van der Waals surface area (Å²) in [5, 5.41) is 0. The van der Waals surface area contributed by atoms with E-state index < -0.39 is 84.6 Å². The van der Waals surface area contributed by atoms with Crippen LogP contribution in [-0.2, 0) is 57.0 Å². The van der Waals surface area contributed by atoms with Crippen molar-refractivity contribution in [2.45, 2.75) is 128 Å². The maximum absolute atomic E-state index is 11.9. The first kappa shape index (κ1) is 27.2. The summed E-state index contributed by atoms with van der Waals surface area (Å²) in [6.45, 7) is 10.9. The molecule has 0 spiro atoms. The van der Waals surface area contributed by atoms with Crippen molar-refractivity contribution in [2.75, 3.05) is 6.61 Å². The van der Waals surface area contributed by atoms with E-state index in [0.717, 1.165) is 0 Å². The third-order valence-corrected chi connectivity index (χ3v) is 6.45. The number of hydrogen-bond donors (Lipinski definition) is 0. The van der Waals surface area contributed by atoms with Crippen molar-refractivity contribution in [1.29, 1.82) is 0 Å². The largest absolute Gasteiger partial charge is 0.463 e. The molecule has 0 aromatic heterocycles. The molecule has 0 aromatic rings. The van der Waals surface area contributed by atoms with Crippen LogP contribution in [0.4, 0.5) is 0 Å². The number of fused-ring (bicyclic) bond motifs is 3. The Morgan fingerprint density at radius 1 is 0.639 bits per heavy atom. The molecule has 0 unspecified atom stereocenters. The molecule has 0 aliphatic carbocycles. The first-order valence-corrected chi connectivity index (χ1v) is 12.2. The quantitative estimate of drug-likeness (QED) is 0.357. The zero-order chi connectivity index (χ0) is 26.4. The molecule has 0 aromatic carbocycles. The highest BCUT2D eigenvalue weighted by molar-refractivity contribution is 5.68. The van der Waals surface area contributed by atoms with E-state index in [4.69, 9.17) is 42.6 Å². The van der Waals surface area contributed by atoms with Gasteiger partial charge in [0.15, 0.2) is 30.1 Å². The zero-order valence-corrected chi connectivity index (χ0v) is 21.7. The van der Waals surface area contributed by atoms with Crippen LogP contribution in [-0.4, -0.2) is 91.2 Å². The van der Waals surface area contributed by atoms with Crippen molar-refractivity contribution in [3.8, 4) is 0 Å². The van der Waals surface area contributed by atoms with Crippen molar-refractivity contribution in [3.63, 3.8) is 0 Å². The van der Waals surface area contributed by atoms with Crippen molar-refractivity contribution in [3.05, 3.63) is 0 Å². The summed E-state index contributed by atoms with van der Waals surface area (Å²) in [4.78, 5) is 35.0. The molecule has 9 atom stereocenters. The van der Waals surface area contributed by atoms with Gasteiger partial charge in [-0.3, -0.25) is 14.4 Å². The van der Waals surface area contributed by atoms with Gasteiger partial charge in [0.05, 0.1) is 12.2 Å². The first-order valence-electron chi connectivity index (χ1n) is 12.2. The average molecular weight is 517 g/mol. The lowest BCUT2D eigenvalue weighted by Crippen LogP contribution is -2.55. The minimum atomic E-state index is -0.933. The fourth-order valence-electron chi connectivity index (χ4n) is 5.29. The lowest BCUT2D eigenvalue weighted by Gasteiger charge is -2.37. The fourth-order valence-corrected chi connectivity index (χ4v) is 5.29. The van der Waals surface area contributed by atoms with Crippen molar-refractivity contribution < 1.29 is 57.0 Å². The van der Waals surface area contributed by atoms with E-state index in [-0.39, 0.29) is 6.61 Å². The molecule has 4 aliphatic heterocycles. The lowest BCUT2D eigenvalue weighted by atomic mass is 9.93. The van der Waals surface area contributed by atoms with Crippen molar-refractivity contribution in [1.82, 2.24) is 0 Å². The number of ether oxygens (including phenoxy) is 9. The number of carbonyl (C=O) groups excluding carboxylic acids is 3. The Morgan fingerprint density at radius 2 is 1.17 bits per heavy atom. The van der Waals surface area contributed by atoms with E-state index in [9.17, 15) is 14.4 Å². The summed E-state index contributed by atoms with van der Waals surface area (Å²) in [7, 11) is 0. The molecule has 4 saturated heterocycles. The van der Waals surface area contributed by atoms with Gasteiger partial charge in [-0.1, -0.05) is 0 Å². The van der Waals surface area contributed by atoms with Crippen LogP contribution in [0.5, 0.6) is 0 Å². The predicted octanol–water partition coefficient (Wildman–Crippen LogP) is 1.36. The predicted molar refractivity (Wildman–Crippen MR) is 118 cm³/mol. The Hall–Kier alpha value is -1.83.